The molecule has 0 radical (unpaired) electrons. The highest BCUT2D eigenvalue weighted by atomic mass is 16.6. The van der Waals surface area contributed by atoms with Crippen LogP contribution in [0.5, 0.6) is 11.5 Å². The molecule has 110 valence electrons. The van der Waals surface area contributed by atoms with Crippen molar-refractivity contribution in [3.63, 3.8) is 0 Å². The van der Waals surface area contributed by atoms with Gasteiger partial charge in [0, 0.05) is 18.6 Å². The zero-order valence-electron chi connectivity index (χ0n) is 11.5. The lowest BCUT2D eigenvalue weighted by atomic mass is 9.97. The second-order valence-corrected chi connectivity index (χ2v) is 5.09. The number of fused-ring (bicyclic) bond motifs is 1. The van der Waals surface area contributed by atoms with Crippen LogP contribution in [-0.2, 0) is 9.59 Å². The van der Waals surface area contributed by atoms with E-state index in [0.29, 0.717) is 24.3 Å². The van der Waals surface area contributed by atoms with Gasteiger partial charge >= 0.3 is 0 Å². The molecule has 1 amide bonds. The zero-order chi connectivity index (χ0) is 14.7. The molecule has 1 atom stereocenters. The number of benzene rings is 1. The Morgan fingerprint density at radius 2 is 2.05 bits per heavy atom. The van der Waals surface area contributed by atoms with Gasteiger partial charge < -0.3 is 9.47 Å². The molecule has 1 heterocycles. The lowest BCUT2D eigenvalue weighted by Gasteiger charge is -2.25. The van der Waals surface area contributed by atoms with E-state index >= 15 is 0 Å². The van der Waals surface area contributed by atoms with E-state index in [9.17, 15) is 9.59 Å². The van der Waals surface area contributed by atoms with Crippen LogP contribution >= 0.6 is 0 Å². The Morgan fingerprint density at radius 3 is 2.86 bits per heavy atom. The van der Waals surface area contributed by atoms with Gasteiger partial charge in [-0.15, -0.1) is 0 Å². The molecule has 3 rings (SSSR count). The molecule has 1 N–H and O–H groups in total. The molecular formula is C15H16N2O4. The average Bonchev–Trinajstić information content (AvgIpc) is 2.52. The van der Waals surface area contributed by atoms with Crippen LogP contribution in [0.1, 0.15) is 25.7 Å². The second kappa shape index (κ2) is 5.95. The second-order valence-electron chi connectivity index (χ2n) is 5.09. The summed E-state index contributed by atoms with van der Waals surface area (Å²) in [4.78, 5) is 23.3. The smallest absolute Gasteiger partial charge is 0.284 e. The molecule has 1 fully saturated rings. The van der Waals surface area contributed by atoms with Crippen molar-refractivity contribution in [1.82, 2.24) is 5.43 Å². The summed E-state index contributed by atoms with van der Waals surface area (Å²) in [5.74, 6) is 0.977. The van der Waals surface area contributed by atoms with Crippen molar-refractivity contribution < 1.29 is 19.1 Å². The van der Waals surface area contributed by atoms with Crippen LogP contribution in [0.4, 0.5) is 0 Å². The van der Waals surface area contributed by atoms with Crippen LogP contribution in [0, 0.1) is 0 Å². The summed E-state index contributed by atoms with van der Waals surface area (Å²) in [6.45, 7) is 0.145. The Hall–Kier alpha value is -2.37. The van der Waals surface area contributed by atoms with E-state index in [1.54, 1.807) is 12.1 Å². The van der Waals surface area contributed by atoms with Gasteiger partial charge in [0.2, 0.25) is 6.10 Å². The molecule has 1 aliphatic heterocycles. The molecule has 21 heavy (non-hydrogen) atoms. The van der Waals surface area contributed by atoms with Crippen LogP contribution in [-0.4, -0.2) is 30.1 Å². The maximum Gasteiger partial charge on any atom is 0.284 e. The number of hydrogen-bond donors (Lipinski definition) is 1. The number of amides is 1. The van der Waals surface area contributed by atoms with E-state index in [-0.39, 0.29) is 18.3 Å². The number of carbonyl (C=O) groups excluding carboxylic acids is 2. The summed E-state index contributed by atoms with van der Waals surface area (Å²) < 4.78 is 11.1. The molecule has 0 spiro atoms. The normalized spacial score (nSPS) is 23.0. The molecule has 1 saturated carbocycles. The van der Waals surface area contributed by atoms with Gasteiger partial charge in [-0.1, -0.05) is 12.1 Å². The summed E-state index contributed by atoms with van der Waals surface area (Å²) in [6.07, 6.45) is 1.73. The van der Waals surface area contributed by atoms with Gasteiger partial charge in [-0.2, -0.15) is 5.10 Å². The lowest BCUT2D eigenvalue weighted by Crippen LogP contribution is -2.42. The first-order valence-corrected chi connectivity index (χ1v) is 6.98. The maximum absolute atomic E-state index is 12.0. The van der Waals surface area contributed by atoms with Crippen molar-refractivity contribution in [2.75, 3.05) is 6.61 Å². The van der Waals surface area contributed by atoms with Crippen molar-refractivity contribution in [3.05, 3.63) is 24.3 Å². The number of para-hydroxylation sites is 2. The van der Waals surface area contributed by atoms with Gasteiger partial charge in [0.25, 0.3) is 5.91 Å². The number of ketones is 1. The van der Waals surface area contributed by atoms with E-state index in [1.807, 2.05) is 12.1 Å². The minimum Gasteiger partial charge on any atom is -0.485 e. The molecule has 0 bridgehead atoms. The molecule has 1 aromatic carbocycles. The van der Waals surface area contributed by atoms with Crippen molar-refractivity contribution in [3.8, 4) is 11.5 Å². The van der Waals surface area contributed by atoms with Crippen molar-refractivity contribution in [2.45, 2.75) is 31.8 Å². The first-order chi connectivity index (χ1) is 10.2. The van der Waals surface area contributed by atoms with E-state index < -0.39 is 6.10 Å². The molecule has 1 aliphatic carbocycles. The van der Waals surface area contributed by atoms with E-state index in [0.717, 1.165) is 18.6 Å². The first-order valence-electron chi connectivity index (χ1n) is 6.98. The van der Waals surface area contributed by atoms with E-state index in [4.69, 9.17) is 9.47 Å². The summed E-state index contributed by atoms with van der Waals surface area (Å²) in [5, 5.41) is 4.03. The first kappa shape index (κ1) is 13.6. The number of hydrazone groups is 1. The van der Waals surface area contributed by atoms with Crippen LogP contribution in [0.3, 0.4) is 0 Å². The number of Topliss-reactive ketones (excluding diaryl/α,β-unsaturated/α-hetero) is 1. The third-order valence-corrected chi connectivity index (χ3v) is 3.45. The number of nitrogens with zero attached hydrogens (tertiary/aromatic N) is 1. The zero-order valence-corrected chi connectivity index (χ0v) is 11.5. The molecule has 0 unspecified atom stereocenters. The van der Waals surface area contributed by atoms with Crippen molar-refractivity contribution in [1.29, 1.82) is 0 Å². The number of carbonyl (C=O) groups is 2. The van der Waals surface area contributed by atoms with Crippen molar-refractivity contribution >= 4 is 17.4 Å². The van der Waals surface area contributed by atoms with Crippen LogP contribution < -0.4 is 14.9 Å². The number of nitrogens with one attached hydrogen (secondary N) is 1. The van der Waals surface area contributed by atoms with Gasteiger partial charge in [-0.3, -0.25) is 9.59 Å². The molecule has 6 nitrogen and oxygen atoms in total. The Balaban J connectivity index is 1.59. The minimum atomic E-state index is -0.733. The maximum atomic E-state index is 12.0. The fraction of sp³-hybridized carbons (Fsp3) is 0.400. The third-order valence-electron chi connectivity index (χ3n) is 3.45. The molecule has 1 aromatic rings. The molecule has 0 saturated heterocycles. The SMILES string of the molecule is O=C1CCC/C(=N/NC(=O)[C@H]2COc3ccccc3O2)C1. The quantitative estimate of drug-likeness (QED) is 0.835. The highest BCUT2D eigenvalue weighted by molar-refractivity contribution is 6.04. The van der Waals surface area contributed by atoms with Gasteiger partial charge in [0.1, 0.15) is 12.4 Å². The summed E-state index contributed by atoms with van der Waals surface area (Å²) in [7, 11) is 0. The Morgan fingerprint density at radius 1 is 1.24 bits per heavy atom. The number of rotatable bonds is 2. The average molecular weight is 288 g/mol. The molecule has 2 aliphatic rings. The summed E-state index contributed by atoms with van der Waals surface area (Å²) >= 11 is 0. The third kappa shape index (κ3) is 3.21. The Bertz CT molecular complexity index is 597. The highest BCUT2D eigenvalue weighted by Crippen LogP contribution is 2.30. The number of hydrogen-bond acceptors (Lipinski definition) is 5. The van der Waals surface area contributed by atoms with Gasteiger partial charge in [0.05, 0.1) is 0 Å². The molecular weight excluding hydrogens is 272 g/mol. The fourth-order valence-electron chi connectivity index (χ4n) is 2.34. The molecule has 6 heteroatoms. The predicted molar refractivity (Wildman–Crippen MR) is 75.4 cm³/mol. The summed E-state index contributed by atoms with van der Waals surface area (Å²) in [5.41, 5.74) is 3.18. The number of ether oxygens (including phenoxy) is 2. The van der Waals surface area contributed by atoms with E-state index in [2.05, 4.69) is 10.5 Å². The monoisotopic (exact) mass is 288 g/mol. The fourth-order valence-corrected chi connectivity index (χ4v) is 2.34. The minimum absolute atomic E-state index is 0.145. The topological polar surface area (TPSA) is 77.0 Å². The van der Waals surface area contributed by atoms with Gasteiger partial charge in [-0.05, 0) is 25.0 Å². The lowest BCUT2D eigenvalue weighted by molar-refractivity contribution is -0.130. The Kier molecular flexibility index (Phi) is 3.85. The van der Waals surface area contributed by atoms with E-state index in [1.165, 1.54) is 0 Å². The van der Waals surface area contributed by atoms with Crippen LogP contribution in [0.25, 0.3) is 0 Å². The predicted octanol–water partition coefficient (Wildman–Crippen LogP) is 1.44. The van der Waals surface area contributed by atoms with Crippen LogP contribution in [0.15, 0.2) is 29.4 Å². The largest absolute Gasteiger partial charge is 0.485 e. The van der Waals surface area contributed by atoms with Crippen molar-refractivity contribution in [2.24, 2.45) is 5.10 Å². The van der Waals surface area contributed by atoms with Gasteiger partial charge in [-0.25, -0.2) is 5.43 Å². The van der Waals surface area contributed by atoms with Crippen LogP contribution in [0.2, 0.25) is 0 Å². The Labute approximate surface area is 122 Å². The summed E-state index contributed by atoms with van der Waals surface area (Å²) in [6, 6.07) is 7.20. The molecule has 0 aromatic heterocycles. The van der Waals surface area contributed by atoms with Gasteiger partial charge in [0.15, 0.2) is 11.5 Å². The highest BCUT2D eigenvalue weighted by Gasteiger charge is 2.27. The standard InChI is InChI=1S/C15H16N2O4/c18-11-5-3-4-10(8-11)16-17-15(19)14-9-20-12-6-1-2-7-13(12)21-14/h1-2,6-7,14H,3-5,8-9H2,(H,17,19)/b16-10-/t14-/m1/s1.